The van der Waals surface area contributed by atoms with Crippen molar-refractivity contribution in [2.75, 3.05) is 6.54 Å². The van der Waals surface area contributed by atoms with Crippen molar-refractivity contribution in [3.8, 4) is 0 Å². The average molecular weight is 464 g/mol. The van der Waals surface area contributed by atoms with Gasteiger partial charge in [-0.05, 0) is 55.0 Å². The Bertz CT molecular complexity index is 1220. The fraction of sp³-hybridized carbons (Fsp3) is 0.308. The molecule has 0 spiro atoms. The van der Waals surface area contributed by atoms with Crippen LogP contribution < -0.4 is 10.6 Å². The minimum atomic E-state index is -0.267. The summed E-state index contributed by atoms with van der Waals surface area (Å²) in [5, 5.41) is 7.87. The topological polar surface area (TPSA) is 83.2 Å². The molecule has 1 aliphatic heterocycles. The molecule has 0 bridgehead atoms. The van der Waals surface area contributed by atoms with E-state index < -0.39 is 0 Å². The van der Waals surface area contributed by atoms with E-state index in [0.717, 1.165) is 23.9 Å². The Labute approximate surface area is 197 Å². The third kappa shape index (κ3) is 4.62. The van der Waals surface area contributed by atoms with Gasteiger partial charge in [-0.15, -0.1) is 0 Å². The summed E-state index contributed by atoms with van der Waals surface area (Å²) in [4.78, 5) is 28.7. The SMILES string of the molecule is O=C1NC2CC(C(=O)NCCc3c[nH]c4ccccc34)CCC2O/C1=C/c1ccccc1Cl. The minimum Gasteiger partial charge on any atom is -0.483 e. The molecule has 1 saturated heterocycles. The molecule has 1 aliphatic carbocycles. The van der Waals surface area contributed by atoms with Gasteiger partial charge in [-0.2, -0.15) is 0 Å². The van der Waals surface area contributed by atoms with E-state index >= 15 is 0 Å². The first-order valence-electron chi connectivity index (χ1n) is 11.3. The van der Waals surface area contributed by atoms with Crippen LogP contribution >= 0.6 is 11.6 Å². The van der Waals surface area contributed by atoms with Crippen molar-refractivity contribution >= 4 is 40.4 Å². The van der Waals surface area contributed by atoms with Gasteiger partial charge < -0.3 is 20.4 Å². The number of para-hydroxylation sites is 1. The summed E-state index contributed by atoms with van der Waals surface area (Å²) in [6.45, 7) is 0.582. The lowest BCUT2D eigenvalue weighted by Crippen LogP contribution is -2.54. The molecule has 7 heteroatoms. The number of aromatic nitrogens is 1. The Hall–Kier alpha value is -3.25. The molecule has 1 aromatic heterocycles. The maximum absolute atomic E-state index is 12.8. The Morgan fingerprint density at radius 3 is 2.85 bits per heavy atom. The van der Waals surface area contributed by atoms with Crippen molar-refractivity contribution in [2.24, 2.45) is 5.92 Å². The van der Waals surface area contributed by atoms with Gasteiger partial charge in [-0.3, -0.25) is 9.59 Å². The number of carbonyl (C=O) groups is 2. The number of amides is 2. The summed E-state index contributed by atoms with van der Waals surface area (Å²) in [6.07, 6.45) is 6.34. The second kappa shape index (κ2) is 9.32. The van der Waals surface area contributed by atoms with Crippen LogP contribution in [0.15, 0.2) is 60.5 Å². The number of aromatic amines is 1. The zero-order valence-corrected chi connectivity index (χ0v) is 18.9. The highest BCUT2D eigenvalue weighted by Crippen LogP contribution is 2.32. The predicted molar refractivity (Wildman–Crippen MR) is 129 cm³/mol. The van der Waals surface area contributed by atoms with Crippen molar-refractivity contribution in [1.29, 1.82) is 0 Å². The van der Waals surface area contributed by atoms with E-state index in [9.17, 15) is 9.59 Å². The van der Waals surface area contributed by atoms with Crippen LogP contribution in [0.1, 0.15) is 30.4 Å². The molecule has 3 atom stereocenters. The van der Waals surface area contributed by atoms with Crippen molar-refractivity contribution in [3.05, 3.63) is 76.6 Å². The first kappa shape index (κ1) is 21.6. The number of morpholine rings is 1. The lowest BCUT2D eigenvalue weighted by Gasteiger charge is -2.39. The quantitative estimate of drug-likeness (QED) is 0.496. The van der Waals surface area contributed by atoms with Crippen LogP contribution in [0.2, 0.25) is 5.02 Å². The third-order valence-electron chi connectivity index (χ3n) is 6.54. The van der Waals surface area contributed by atoms with E-state index in [4.69, 9.17) is 16.3 Å². The number of nitrogens with one attached hydrogen (secondary N) is 3. The van der Waals surface area contributed by atoms with Crippen molar-refractivity contribution in [2.45, 2.75) is 37.8 Å². The van der Waals surface area contributed by atoms with Crippen LogP contribution in [0.3, 0.4) is 0 Å². The lowest BCUT2D eigenvalue weighted by molar-refractivity contribution is -0.134. The van der Waals surface area contributed by atoms with Gasteiger partial charge in [0, 0.05) is 34.6 Å². The Kier molecular flexibility index (Phi) is 6.09. The molecule has 3 aromatic rings. The Morgan fingerprint density at radius 2 is 1.97 bits per heavy atom. The highest BCUT2D eigenvalue weighted by molar-refractivity contribution is 6.32. The van der Waals surface area contributed by atoms with Gasteiger partial charge >= 0.3 is 0 Å². The fourth-order valence-corrected chi connectivity index (χ4v) is 4.96. The molecule has 170 valence electrons. The maximum Gasteiger partial charge on any atom is 0.286 e. The second-order valence-corrected chi connectivity index (χ2v) is 9.08. The molecular formula is C26H26ClN3O3. The normalized spacial score (nSPS) is 23.6. The summed E-state index contributed by atoms with van der Waals surface area (Å²) in [7, 11) is 0. The number of rotatable bonds is 5. The summed E-state index contributed by atoms with van der Waals surface area (Å²) >= 11 is 6.21. The number of ether oxygens (including phenoxy) is 1. The summed E-state index contributed by atoms with van der Waals surface area (Å²) in [5.74, 6) is -0.0882. The smallest absolute Gasteiger partial charge is 0.286 e. The van der Waals surface area contributed by atoms with Crippen molar-refractivity contribution in [1.82, 2.24) is 15.6 Å². The van der Waals surface area contributed by atoms with Crippen molar-refractivity contribution < 1.29 is 14.3 Å². The predicted octanol–water partition coefficient (Wildman–Crippen LogP) is 4.20. The number of halogens is 1. The Balaban J connectivity index is 1.16. The first-order valence-corrected chi connectivity index (χ1v) is 11.7. The highest BCUT2D eigenvalue weighted by atomic mass is 35.5. The van der Waals surface area contributed by atoms with Crippen LogP contribution in [0.4, 0.5) is 0 Å². The standard InChI is InChI=1S/C26H26ClN3O3/c27-20-7-3-1-5-16(20)14-24-26(32)30-22-13-17(9-10-23(22)33-24)25(31)28-12-11-18-15-29-21-8-4-2-6-19(18)21/h1-8,14-15,17,22-23,29H,9-13H2,(H,28,31)(H,30,32)/b24-14+. The average Bonchev–Trinajstić information content (AvgIpc) is 3.24. The van der Waals surface area contributed by atoms with E-state index in [-0.39, 0.29) is 35.6 Å². The van der Waals surface area contributed by atoms with Gasteiger partial charge in [0.05, 0.1) is 6.04 Å². The molecule has 33 heavy (non-hydrogen) atoms. The summed E-state index contributed by atoms with van der Waals surface area (Å²) in [6, 6.07) is 15.3. The molecule has 6 nitrogen and oxygen atoms in total. The first-order chi connectivity index (χ1) is 16.1. The van der Waals surface area contributed by atoms with E-state index in [2.05, 4.69) is 21.7 Å². The molecule has 5 rings (SSSR count). The maximum atomic E-state index is 12.8. The molecule has 2 aliphatic rings. The molecule has 2 aromatic carbocycles. The van der Waals surface area contributed by atoms with Gasteiger partial charge in [-0.1, -0.05) is 48.0 Å². The van der Waals surface area contributed by atoms with E-state index in [1.54, 1.807) is 12.1 Å². The molecule has 1 saturated carbocycles. The molecule has 0 radical (unpaired) electrons. The van der Waals surface area contributed by atoms with Crippen LogP contribution in [0.25, 0.3) is 17.0 Å². The molecule has 2 fully saturated rings. The molecule has 2 heterocycles. The second-order valence-electron chi connectivity index (χ2n) is 8.68. The van der Waals surface area contributed by atoms with Gasteiger partial charge in [0.2, 0.25) is 5.91 Å². The van der Waals surface area contributed by atoms with Gasteiger partial charge in [0.15, 0.2) is 5.76 Å². The van der Waals surface area contributed by atoms with Gasteiger partial charge in [0.1, 0.15) is 6.10 Å². The number of carbonyl (C=O) groups excluding carboxylic acids is 2. The van der Waals surface area contributed by atoms with E-state index in [1.807, 2.05) is 42.6 Å². The van der Waals surface area contributed by atoms with Crippen LogP contribution in [-0.4, -0.2) is 35.5 Å². The highest BCUT2D eigenvalue weighted by Gasteiger charge is 2.40. The lowest BCUT2D eigenvalue weighted by atomic mass is 9.82. The third-order valence-corrected chi connectivity index (χ3v) is 6.88. The van der Waals surface area contributed by atoms with Crippen LogP contribution in [-0.2, 0) is 20.7 Å². The van der Waals surface area contributed by atoms with Crippen LogP contribution in [0.5, 0.6) is 0 Å². The van der Waals surface area contributed by atoms with Gasteiger partial charge in [0.25, 0.3) is 5.91 Å². The molecular weight excluding hydrogens is 438 g/mol. The Morgan fingerprint density at radius 1 is 1.15 bits per heavy atom. The van der Waals surface area contributed by atoms with Crippen molar-refractivity contribution in [3.63, 3.8) is 0 Å². The number of hydrogen-bond donors (Lipinski definition) is 3. The van der Waals surface area contributed by atoms with Gasteiger partial charge in [-0.25, -0.2) is 0 Å². The van der Waals surface area contributed by atoms with Crippen LogP contribution in [0, 0.1) is 5.92 Å². The zero-order valence-electron chi connectivity index (χ0n) is 18.1. The largest absolute Gasteiger partial charge is 0.483 e. The summed E-state index contributed by atoms with van der Waals surface area (Å²) < 4.78 is 6.02. The minimum absolute atomic E-state index is 0.0416. The summed E-state index contributed by atoms with van der Waals surface area (Å²) in [5.41, 5.74) is 3.04. The molecule has 3 N–H and O–H groups in total. The number of benzene rings is 2. The number of fused-ring (bicyclic) bond motifs is 2. The van der Waals surface area contributed by atoms with E-state index in [0.29, 0.717) is 24.4 Å². The number of hydrogen-bond acceptors (Lipinski definition) is 3. The fourth-order valence-electron chi connectivity index (χ4n) is 4.77. The molecule has 2 amide bonds. The zero-order chi connectivity index (χ0) is 22.8. The number of H-pyrrole nitrogens is 1. The monoisotopic (exact) mass is 463 g/mol. The van der Waals surface area contributed by atoms with E-state index in [1.165, 1.54) is 10.9 Å². The molecule has 3 unspecified atom stereocenters.